The van der Waals surface area contributed by atoms with E-state index in [2.05, 4.69) is 19.2 Å². The van der Waals surface area contributed by atoms with E-state index in [1.165, 1.54) is 24.2 Å². The Morgan fingerprint density at radius 3 is 2.85 bits per heavy atom. The molecular weight excluding hydrogens is 294 g/mol. The lowest BCUT2D eigenvalue weighted by molar-refractivity contribution is 0.174. The quantitative estimate of drug-likeness (QED) is 0.843. The molecule has 20 heavy (non-hydrogen) atoms. The minimum absolute atomic E-state index is 0.215. The van der Waals surface area contributed by atoms with Gasteiger partial charge >= 0.3 is 0 Å². The second-order valence-electron chi connectivity index (χ2n) is 6.21. The maximum absolute atomic E-state index is 12.0. The Hall–Kier alpha value is -0.430. The maximum Gasteiger partial charge on any atom is 0.190 e. The van der Waals surface area contributed by atoms with Gasteiger partial charge in [-0.3, -0.25) is 0 Å². The van der Waals surface area contributed by atoms with Crippen LogP contribution in [0, 0.1) is 5.41 Å². The van der Waals surface area contributed by atoms with Gasteiger partial charge in [-0.05, 0) is 29.7 Å². The average Bonchev–Trinajstić information content (AvgIpc) is 2.95. The number of rotatable bonds is 6. The molecule has 2 N–H and O–H groups in total. The van der Waals surface area contributed by atoms with Crippen molar-refractivity contribution < 1.29 is 13.5 Å². The number of thiophene rings is 1. The number of aliphatic hydroxyl groups is 1. The van der Waals surface area contributed by atoms with E-state index in [1.54, 1.807) is 17.5 Å². The largest absolute Gasteiger partial charge is 0.391 e. The van der Waals surface area contributed by atoms with Crippen LogP contribution in [0.2, 0.25) is 0 Å². The molecule has 1 aromatic heterocycles. The van der Waals surface area contributed by atoms with E-state index in [1.807, 2.05) is 0 Å². The van der Waals surface area contributed by atoms with Crippen LogP contribution in [-0.2, 0) is 9.84 Å². The van der Waals surface area contributed by atoms with Crippen molar-refractivity contribution in [3.05, 3.63) is 17.5 Å². The SMILES string of the molecule is CC1(C)CCCC1NCC(O)CS(=O)(=O)c1cccs1. The smallest absolute Gasteiger partial charge is 0.190 e. The van der Waals surface area contributed by atoms with Crippen molar-refractivity contribution >= 4 is 21.2 Å². The summed E-state index contributed by atoms with van der Waals surface area (Å²) < 4.78 is 24.4. The molecule has 4 nitrogen and oxygen atoms in total. The van der Waals surface area contributed by atoms with Gasteiger partial charge in [0.05, 0.1) is 11.9 Å². The fourth-order valence-corrected chi connectivity index (χ4v) is 5.30. The second-order valence-corrected chi connectivity index (χ2v) is 9.42. The molecule has 2 atom stereocenters. The summed E-state index contributed by atoms with van der Waals surface area (Å²) in [6, 6.07) is 3.66. The van der Waals surface area contributed by atoms with Crippen molar-refractivity contribution in [3.8, 4) is 0 Å². The van der Waals surface area contributed by atoms with E-state index in [0.717, 1.165) is 6.42 Å². The highest BCUT2D eigenvalue weighted by Crippen LogP contribution is 2.37. The van der Waals surface area contributed by atoms with E-state index in [-0.39, 0.29) is 11.2 Å². The summed E-state index contributed by atoms with van der Waals surface area (Å²) in [5, 5.41) is 15.0. The van der Waals surface area contributed by atoms with Crippen LogP contribution in [0.1, 0.15) is 33.1 Å². The molecule has 0 spiro atoms. The van der Waals surface area contributed by atoms with Crippen LogP contribution in [0.5, 0.6) is 0 Å². The van der Waals surface area contributed by atoms with Crippen LogP contribution in [-0.4, -0.2) is 38.0 Å². The maximum atomic E-state index is 12.0. The molecule has 0 saturated heterocycles. The summed E-state index contributed by atoms with van der Waals surface area (Å²) in [5.41, 5.74) is 0.229. The third-order valence-corrected chi connectivity index (χ3v) is 7.36. The molecule has 0 aromatic carbocycles. The molecule has 114 valence electrons. The third-order valence-electron chi connectivity index (χ3n) is 4.07. The second kappa shape index (κ2) is 6.13. The first-order chi connectivity index (χ1) is 9.31. The first-order valence-corrected chi connectivity index (χ1v) is 9.52. The van der Waals surface area contributed by atoms with E-state index in [9.17, 15) is 13.5 Å². The molecule has 2 rings (SSSR count). The predicted molar refractivity (Wildman–Crippen MR) is 81.8 cm³/mol. The number of sulfone groups is 1. The number of hydrogen-bond acceptors (Lipinski definition) is 5. The lowest BCUT2D eigenvalue weighted by Gasteiger charge is -2.28. The van der Waals surface area contributed by atoms with Gasteiger partial charge in [0.2, 0.25) is 0 Å². The zero-order valence-electron chi connectivity index (χ0n) is 12.0. The molecule has 1 aromatic rings. The fourth-order valence-electron chi connectivity index (χ4n) is 2.82. The standard InChI is InChI=1S/C14H23NO3S2/c1-14(2)7-3-5-12(14)15-9-11(16)10-20(17,18)13-6-4-8-19-13/h4,6,8,11-12,15-16H,3,5,7,9-10H2,1-2H3. The van der Waals surface area contributed by atoms with Gasteiger partial charge in [0.25, 0.3) is 0 Å². The number of aliphatic hydroxyl groups excluding tert-OH is 1. The van der Waals surface area contributed by atoms with Gasteiger partial charge in [0, 0.05) is 12.6 Å². The third kappa shape index (κ3) is 3.81. The van der Waals surface area contributed by atoms with Crippen molar-refractivity contribution in [3.63, 3.8) is 0 Å². The van der Waals surface area contributed by atoms with E-state index in [4.69, 9.17) is 0 Å². The summed E-state index contributed by atoms with van der Waals surface area (Å²) in [6.45, 7) is 4.76. The summed E-state index contributed by atoms with van der Waals surface area (Å²) in [6.07, 6.45) is 2.60. The Morgan fingerprint density at radius 2 is 2.30 bits per heavy atom. The molecule has 1 saturated carbocycles. The van der Waals surface area contributed by atoms with Gasteiger partial charge in [0.1, 0.15) is 4.21 Å². The highest BCUT2D eigenvalue weighted by atomic mass is 32.2. The van der Waals surface area contributed by atoms with Crippen molar-refractivity contribution in [1.29, 1.82) is 0 Å². The first kappa shape index (κ1) is 15.9. The molecule has 0 radical (unpaired) electrons. The lowest BCUT2D eigenvalue weighted by Crippen LogP contribution is -2.43. The molecule has 0 amide bonds. The minimum Gasteiger partial charge on any atom is -0.391 e. The van der Waals surface area contributed by atoms with Crippen molar-refractivity contribution in [2.24, 2.45) is 5.41 Å². The Morgan fingerprint density at radius 1 is 1.55 bits per heavy atom. The van der Waals surface area contributed by atoms with Crippen LogP contribution in [0.3, 0.4) is 0 Å². The predicted octanol–water partition coefficient (Wildman–Crippen LogP) is 2.05. The van der Waals surface area contributed by atoms with E-state index < -0.39 is 15.9 Å². The molecule has 0 aliphatic heterocycles. The Bertz CT molecular complexity index is 523. The highest BCUT2D eigenvalue weighted by Gasteiger charge is 2.34. The van der Waals surface area contributed by atoms with E-state index in [0.29, 0.717) is 16.8 Å². The van der Waals surface area contributed by atoms with Gasteiger partial charge in [-0.15, -0.1) is 11.3 Å². The van der Waals surface area contributed by atoms with Crippen LogP contribution < -0.4 is 5.32 Å². The van der Waals surface area contributed by atoms with Crippen molar-refractivity contribution in [2.45, 2.75) is 49.5 Å². The summed E-state index contributed by atoms with van der Waals surface area (Å²) in [4.78, 5) is 0. The van der Waals surface area contributed by atoms with Gasteiger partial charge < -0.3 is 10.4 Å². The monoisotopic (exact) mass is 317 g/mol. The van der Waals surface area contributed by atoms with E-state index >= 15 is 0 Å². The van der Waals surface area contributed by atoms with Gasteiger partial charge in [-0.1, -0.05) is 26.3 Å². The van der Waals surface area contributed by atoms with Gasteiger partial charge in [-0.2, -0.15) is 0 Å². The first-order valence-electron chi connectivity index (χ1n) is 6.99. The summed E-state index contributed by atoms with van der Waals surface area (Å²) >= 11 is 1.20. The molecular formula is C14H23NO3S2. The average molecular weight is 317 g/mol. The molecule has 2 unspecified atom stereocenters. The zero-order chi connectivity index (χ0) is 14.8. The molecule has 0 bridgehead atoms. The van der Waals surface area contributed by atoms with Gasteiger partial charge in [0.15, 0.2) is 9.84 Å². The highest BCUT2D eigenvalue weighted by molar-refractivity contribution is 7.93. The molecule has 6 heteroatoms. The van der Waals surface area contributed by atoms with Crippen LogP contribution in [0.4, 0.5) is 0 Å². The Kier molecular flexibility index (Phi) is 4.89. The molecule has 1 fully saturated rings. The Balaban J connectivity index is 1.86. The molecule has 1 heterocycles. The van der Waals surface area contributed by atoms with Crippen LogP contribution >= 0.6 is 11.3 Å². The summed E-state index contributed by atoms with van der Waals surface area (Å²) in [7, 11) is -3.36. The normalized spacial score (nSPS) is 23.9. The van der Waals surface area contributed by atoms with Crippen molar-refractivity contribution in [1.82, 2.24) is 5.32 Å². The van der Waals surface area contributed by atoms with Gasteiger partial charge in [-0.25, -0.2) is 8.42 Å². The van der Waals surface area contributed by atoms with Crippen molar-refractivity contribution in [2.75, 3.05) is 12.3 Å². The fraction of sp³-hybridized carbons (Fsp3) is 0.714. The molecule has 1 aliphatic rings. The number of nitrogens with one attached hydrogen (secondary N) is 1. The van der Waals surface area contributed by atoms with Crippen LogP contribution in [0.25, 0.3) is 0 Å². The zero-order valence-corrected chi connectivity index (χ0v) is 13.6. The Labute approximate surface area is 125 Å². The molecule has 1 aliphatic carbocycles. The summed E-state index contributed by atoms with van der Waals surface area (Å²) in [5.74, 6) is -0.215. The van der Waals surface area contributed by atoms with Crippen LogP contribution in [0.15, 0.2) is 21.7 Å². The minimum atomic E-state index is -3.36. The topological polar surface area (TPSA) is 66.4 Å². The lowest BCUT2D eigenvalue weighted by atomic mass is 9.87. The number of hydrogen-bond donors (Lipinski definition) is 2.